The van der Waals surface area contributed by atoms with E-state index in [4.69, 9.17) is 16.3 Å². The number of anilines is 2. The molecule has 0 spiro atoms. The van der Waals surface area contributed by atoms with Crippen molar-refractivity contribution in [1.82, 2.24) is 0 Å². The maximum Gasteiger partial charge on any atom is 0.387 e. The first kappa shape index (κ1) is 21.5. The number of carbonyl (C=O) groups excluding carboxylic acids is 1. The normalized spacial score (nSPS) is 12.3. The van der Waals surface area contributed by atoms with Crippen molar-refractivity contribution in [3.8, 4) is 5.75 Å². The molecular weight excluding hydrogens is 444 g/mol. The molecule has 1 aliphatic rings. The number of hydrogen-bond donors (Lipinski definition) is 0. The molecule has 0 atom stereocenters. The Morgan fingerprint density at radius 1 is 1.00 bits per heavy atom. The van der Waals surface area contributed by atoms with E-state index in [9.17, 15) is 13.6 Å². The monoisotopic (exact) mass is 461 g/mol. The van der Waals surface area contributed by atoms with E-state index in [1.54, 1.807) is 11.8 Å². The zero-order chi connectivity index (χ0) is 21.8. The number of rotatable bonds is 7. The lowest BCUT2D eigenvalue weighted by Gasteiger charge is -2.32. The Morgan fingerprint density at radius 3 is 2.29 bits per heavy atom. The van der Waals surface area contributed by atoms with Crippen LogP contribution in [0.4, 0.5) is 20.2 Å². The molecule has 0 aromatic heterocycles. The highest BCUT2D eigenvalue weighted by Gasteiger charge is 2.23. The molecule has 160 valence electrons. The Morgan fingerprint density at radius 2 is 1.65 bits per heavy atom. The van der Waals surface area contributed by atoms with Crippen LogP contribution >= 0.6 is 23.4 Å². The number of esters is 1. The van der Waals surface area contributed by atoms with Crippen LogP contribution < -0.4 is 9.64 Å². The van der Waals surface area contributed by atoms with Gasteiger partial charge in [0.05, 0.1) is 17.8 Å². The van der Waals surface area contributed by atoms with Crippen LogP contribution in [0.2, 0.25) is 5.02 Å². The Bertz CT molecular complexity index is 1050. The minimum absolute atomic E-state index is 0.0666. The largest absolute Gasteiger partial charge is 0.461 e. The van der Waals surface area contributed by atoms with Gasteiger partial charge in [-0.15, -0.1) is 0 Å². The summed E-state index contributed by atoms with van der Waals surface area (Å²) >= 11 is 7.63. The molecule has 4 nitrogen and oxygen atoms in total. The predicted molar refractivity (Wildman–Crippen MR) is 117 cm³/mol. The Kier molecular flexibility index (Phi) is 6.63. The summed E-state index contributed by atoms with van der Waals surface area (Å²) in [6.45, 7) is -2.76. The van der Waals surface area contributed by atoms with E-state index in [0.717, 1.165) is 21.2 Å². The van der Waals surface area contributed by atoms with Gasteiger partial charge < -0.3 is 14.4 Å². The molecule has 3 aromatic rings. The molecule has 0 saturated heterocycles. The van der Waals surface area contributed by atoms with Crippen molar-refractivity contribution in [3.63, 3.8) is 0 Å². The second-order valence-electron chi connectivity index (χ2n) is 6.73. The first-order valence-electron chi connectivity index (χ1n) is 9.53. The number of ether oxygens (including phenoxy) is 2. The number of alkyl halides is 2. The maximum absolute atomic E-state index is 12.6. The fraction of sp³-hybridized carbons (Fsp3) is 0.174. The van der Waals surface area contributed by atoms with Crippen LogP contribution in [0.1, 0.15) is 12.0 Å². The van der Waals surface area contributed by atoms with Gasteiger partial charge in [0.15, 0.2) is 0 Å². The molecule has 0 bridgehead atoms. The highest BCUT2D eigenvalue weighted by atomic mass is 35.5. The molecule has 31 heavy (non-hydrogen) atoms. The Hall–Kier alpha value is -2.77. The van der Waals surface area contributed by atoms with Crippen molar-refractivity contribution in [3.05, 3.63) is 77.3 Å². The fourth-order valence-corrected chi connectivity index (χ4v) is 4.62. The van der Waals surface area contributed by atoms with Gasteiger partial charge in [0.25, 0.3) is 0 Å². The molecular formula is C23H18ClF2NO3S. The lowest BCUT2D eigenvalue weighted by molar-refractivity contribution is -0.144. The van der Waals surface area contributed by atoms with Crippen LogP contribution in [0.15, 0.2) is 76.5 Å². The average molecular weight is 462 g/mol. The van der Waals surface area contributed by atoms with E-state index in [1.807, 2.05) is 48.5 Å². The van der Waals surface area contributed by atoms with Crippen molar-refractivity contribution in [2.75, 3.05) is 11.4 Å². The van der Waals surface area contributed by atoms with Crippen LogP contribution in [0.3, 0.4) is 0 Å². The second-order valence-corrected chi connectivity index (χ2v) is 8.25. The van der Waals surface area contributed by atoms with E-state index in [0.29, 0.717) is 11.6 Å². The fourth-order valence-electron chi connectivity index (χ4n) is 3.33. The smallest absolute Gasteiger partial charge is 0.387 e. The molecule has 0 saturated carbocycles. The molecule has 8 heteroatoms. The third-order valence-electron chi connectivity index (χ3n) is 4.70. The van der Waals surface area contributed by atoms with Crippen molar-refractivity contribution < 1.29 is 23.0 Å². The molecule has 0 amide bonds. The summed E-state index contributed by atoms with van der Waals surface area (Å²) in [7, 11) is 0. The summed E-state index contributed by atoms with van der Waals surface area (Å²) in [5.41, 5.74) is 2.34. The first-order chi connectivity index (χ1) is 15.0. The van der Waals surface area contributed by atoms with Gasteiger partial charge in [-0.25, -0.2) is 0 Å². The zero-order valence-electron chi connectivity index (χ0n) is 16.3. The SMILES string of the molecule is O=C(CCN1c2ccccc2Sc2ccccc21)OCc1cc(Cl)ccc1OC(F)F. The number of fused-ring (bicyclic) bond motifs is 2. The summed E-state index contributed by atoms with van der Waals surface area (Å²) in [4.78, 5) is 16.7. The summed E-state index contributed by atoms with van der Waals surface area (Å²) < 4.78 is 35.0. The Balaban J connectivity index is 1.43. The average Bonchev–Trinajstić information content (AvgIpc) is 2.76. The number of benzene rings is 3. The first-order valence-corrected chi connectivity index (χ1v) is 10.7. The molecule has 0 aliphatic carbocycles. The van der Waals surface area contributed by atoms with E-state index >= 15 is 0 Å². The molecule has 4 rings (SSSR count). The van der Waals surface area contributed by atoms with Crippen molar-refractivity contribution in [2.24, 2.45) is 0 Å². The van der Waals surface area contributed by atoms with Gasteiger partial charge in [-0.1, -0.05) is 47.6 Å². The molecule has 0 radical (unpaired) electrons. The van der Waals surface area contributed by atoms with E-state index < -0.39 is 12.6 Å². The van der Waals surface area contributed by atoms with Crippen molar-refractivity contribution >= 4 is 40.7 Å². The van der Waals surface area contributed by atoms with Crippen LogP contribution in [0.25, 0.3) is 0 Å². The maximum atomic E-state index is 12.6. The van der Waals surface area contributed by atoms with Gasteiger partial charge in [-0.3, -0.25) is 4.79 Å². The predicted octanol–water partition coefficient (Wildman–Crippen LogP) is 6.68. The van der Waals surface area contributed by atoms with Crippen molar-refractivity contribution in [2.45, 2.75) is 29.4 Å². The highest BCUT2D eigenvalue weighted by Crippen LogP contribution is 2.47. The number of hydrogen-bond acceptors (Lipinski definition) is 5. The minimum Gasteiger partial charge on any atom is -0.461 e. The lowest BCUT2D eigenvalue weighted by atomic mass is 10.2. The van der Waals surface area contributed by atoms with E-state index in [-0.39, 0.29) is 24.3 Å². The number of halogens is 3. The highest BCUT2D eigenvalue weighted by molar-refractivity contribution is 7.99. The molecule has 0 unspecified atom stereocenters. The van der Waals surface area contributed by atoms with Gasteiger partial charge in [0.2, 0.25) is 0 Å². The summed E-state index contributed by atoms with van der Waals surface area (Å²) in [6, 6.07) is 20.2. The summed E-state index contributed by atoms with van der Waals surface area (Å²) in [6.07, 6.45) is 0.124. The number of nitrogens with zero attached hydrogens (tertiary/aromatic N) is 1. The molecule has 1 heterocycles. The zero-order valence-corrected chi connectivity index (χ0v) is 17.8. The summed E-state index contributed by atoms with van der Waals surface area (Å²) in [5.74, 6) is -0.515. The quantitative estimate of drug-likeness (QED) is 0.367. The summed E-state index contributed by atoms with van der Waals surface area (Å²) in [5, 5.41) is 0.340. The minimum atomic E-state index is -2.98. The standard InChI is InChI=1S/C23H18ClF2NO3S/c24-16-9-10-19(30-23(25)26)15(13-16)14-29-22(28)11-12-27-17-5-1-3-7-20(17)31-21-8-4-2-6-18(21)27/h1-10,13,23H,11-12,14H2. The van der Waals surface area contributed by atoms with Gasteiger partial charge in [0, 0.05) is 26.9 Å². The van der Waals surface area contributed by atoms with Crippen LogP contribution in [0.5, 0.6) is 5.75 Å². The van der Waals surface area contributed by atoms with E-state index in [1.165, 1.54) is 18.2 Å². The van der Waals surface area contributed by atoms with Crippen molar-refractivity contribution in [1.29, 1.82) is 0 Å². The van der Waals surface area contributed by atoms with Crippen LogP contribution in [-0.4, -0.2) is 19.1 Å². The third-order valence-corrected chi connectivity index (χ3v) is 6.06. The van der Waals surface area contributed by atoms with Gasteiger partial charge in [-0.2, -0.15) is 8.78 Å². The lowest BCUT2D eigenvalue weighted by Crippen LogP contribution is -2.24. The Labute approximate surface area is 187 Å². The molecule has 3 aromatic carbocycles. The topological polar surface area (TPSA) is 38.8 Å². The van der Waals surface area contributed by atoms with Gasteiger partial charge >= 0.3 is 12.6 Å². The van der Waals surface area contributed by atoms with Gasteiger partial charge in [-0.05, 0) is 42.5 Å². The molecule has 1 aliphatic heterocycles. The van der Waals surface area contributed by atoms with Crippen LogP contribution in [0, 0.1) is 0 Å². The molecule has 0 N–H and O–H groups in total. The van der Waals surface area contributed by atoms with Gasteiger partial charge in [0.1, 0.15) is 12.4 Å². The second kappa shape index (κ2) is 9.58. The van der Waals surface area contributed by atoms with Crippen LogP contribution in [-0.2, 0) is 16.1 Å². The number of carbonyl (C=O) groups is 1. The molecule has 0 fully saturated rings. The third kappa shape index (κ3) is 5.11. The number of para-hydroxylation sites is 2. The van der Waals surface area contributed by atoms with E-state index in [2.05, 4.69) is 9.64 Å².